The number of fused-ring (bicyclic) bond motifs is 1. The van der Waals surface area contributed by atoms with Crippen molar-refractivity contribution in [2.75, 3.05) is 6.61 Å². The second-order valence-electron chi connectivity index (χ2n) is 5.18. The molecular formula is C17H19NO2. The van der Waals surface area contributed by atoms with Gasteiger partial charge in [0.25, 0.3) is 0 Å². The van der Waals surface area contributed by atoms with Gasteiger partial charge in [-0.3, -0.25) is 4.98 Å². The van der Waals surface area contributed by atoms with Crippen molar-refractivity contribution >= 4 is 0 Å². The van der Waals surface area contributed by atoms with Gasteiger partial charge in [0, 0.05) is 17.7 Å². The molecule has 2 unspecified atom stereocenters. The molecular weight excluding hydrogens is 250 g/mol. The zero-order valence-electron chi connectivity index (χ0n) is 11.6. The quantitative estimate of drug-likeness (QED) is 0.926. The largest absolute Gasteiger partial charge is 0.492 e. The van der Waals surface area contributed by atoms with Crippen molar-refractivity contribution in [2.45, 2.75) is 31.8 Å². The number of aryl methyl sites for hydroxylation is 1. The third-order valence-corrected chi connectivity index (χ3v) is 3.95. The van der Waals surface area contributed by atoms with Gasteiger partial charge in [-0.1, -0.05) is 24.3 Å². The fourth-order valence-corrected chi connectivity index (χ4v) is 2.99. The highest BCUT2D eigenvalue weighted by Gasteiger charge is 2.29. The fourth-order valence-electron chi connectivity index (χ4n) is 2.99. The maximum atomic E-state index is 10.7. The summed E-state index contributed by atoms with van der Waals surface area (Å²) < 4.78 is 5.46. The second-order valence-corrected chi connectivity index (χ2v) is 5.18. The summed E-state index contributed by atoms with van der Waals surface area (Å²) in [5.41, 5.74) is 3.45. The van der Waals surface area contributed by atoms with E-state index in [1.807, 2.05) is 19.1 Å². The maximum absolute atomic E-state index is 10.7. The monoisotopic (exact) mass is 269 g/mol. The van der Waals surface area contributed by atoms with Crippen molar-refractivity contribution in [1.29, 1.82) is 0 Å². The first-order valence-electron chi connectivity index (χ1n) is 7.13. The number of rotatable bonds is 4. The van der Waals surface area contributed by atoms with Crippen LogP contribution in [0.4, 0.5) is 0 Å². The van der Waals surface area contributed by atoms with Crippen LogP contribution in [0.3, 0.4) is 0 Å². The Labute approximate surface area is 119 Å². The molecule has 3 rings (SSSR count). The second kappa shape index (κ2) is 5.63. The highest BCUT2D eigenvalue weighted by molar-refractivity contribution is 5.38. The number of pyridine rings is 1. The lowest BCUT2D eigenvalue weighted by atomic mass is 9.91. The molecule has 0 bridgehead atoms. The molecule has 2 aromatic rings. The molecule has 20 heavy (non-hydrogen) atoms. The van der Waals surface area contributed by atoms with Gasteiger partial charge in [-0.05, 0) is 37.0 Å². The summed E-state index contributed by atoms with van der Waals surface area (Å²) in [6.45, 7) is 2.55. The van der Waals surface area contributed by atoms with Gasteiger partial charge >= 0.3 is 0 Å². The van der Waals surface area contributed by atoms with Crippen molar-refractivity contribution in [1.82, 2.24) is 4.98 Å². The van der Waals surface area contributed by atoms with Gasteiger partial charge in [0.15, 0.2) is 0 Å². The number of benzene rings is 1. The Hall–Kier alpha value is -1.87. The molecule has 3 heteroatoms. The minimum atomic E-state index is -0.522. The third-order valence-electron chi connectivity index (χ3n) is 3.95. The molecule has 2 atom stereocenters. The van der Waals surface area contributed by atoms with E-state index in [1.54, 1.807) is 12.4 Å². The van der Waals surface area contributed by atoms with Gasteiger partial charge in [-0.15, -0.1) is 0 Å². The smallest absolute Gasteiger partial charge is 0.137 e. The van der Waals surface area contributed by atoms with E-state index < -0.39 is 6.10 Å². The lowest BCUT2D eigenvalue weighted by molar-refractivity contribution is 0.144. The van der Waals surface area contributed by atoms with E-state index in [1.165, 1.54) is 11.1 Å². The Bertz CT molecular complexity index is 597. The summed E-state index contributed by atoms with van der Waals surface area (Å²) in [7, 11) is 0. The summed E-state index contributed by atoms with van der Waals surface area (Å²) in [4.78, 5) is 4.17. The van der Waals surface area contributed by atoms with Crippen LogP contribution in [-0.4, -0.2) is 16.7 Å². The van der Waals surface area contributed by atoms with Crippen LogP contribution >= 0.6 is 0 Å². The Morgan fingerprint density at radius 1 is 1.35 bits per heavy atom. The number of aliphatic hydroxyl groups is 1. The Morgan fingerprint density at radius 2 is 2.20 bits per heavy atom. The number of aromatic nitrogens is 1. The van der Waals surface area contributed by atoms with Crippen molar-refractivity contribution in [2.24, 2.45) is 0 Å². The van der Waals surface area contributed by atoms with Crippen LogP contribution in [0.1, 0.15) is 42.1 Å². The normalized spacial score (nSPS) is 18.6. The highest BCUT2D eigenvalue weighted by Crippen LogP contribution is 2.41. The SMILES string of the molecule is CCOc1cncc(C(O)C2CCc3ccccc32)c1. The molecule has 1 N–H and O–H groups in total. The average Bonchev–Trinajstić information content (AvgIpc) is 2.91. The van der Waals surface area contributed by atoms with Crippen LogP contribution in [0.15, 0.2) is 42.7 Å². The molecule has 104 valence electrons. The topological polar surface area (TPSA) is 42.4 Å². The number of ether oxygens (including phenoxy) is 1. The van der Waals surface area contributed by atoms with Crippen molar-refractivity contribution in [3.05, 3.63) is 59.4 Å². The van der Waals surface area contributed by atoms with E-state index in [2.05, 4.69) is 23.2 Å². The van der Waals surface area contributed by atoms with Gasteiger partial charge in [0.05, 0.1) is 18.9 Å². The summed E-state index contributed by atoms with van der Waals surface area (Å²) >= 11 is 0. The zero-order valence-corrected chi connectivity index (χ0v) is 11.6. The standard InChI is InChI=1S/C17H19NO2/c1-2-20-14-9-13(10-18-11-14)17(19)16-8-7-12-5-3-4-6-15(12)16/h3-6,9-11,16-17,19H,2,7-8H2,1H3. The number of aliphatic hydroxyl groups excluding tert-OH is 1. The Kier molecular flexibility index (Phi) is 3.70. The first kappa shape index (κ1) is 13.1. The van der Waals surface area contributed by atoms with Crippen LogP contribution in [0.25, 0.3) is 0 Å². The number of hydrogen-bond donors (Lipinski definition) is 1. The van der Waals surface area contributed by atoms with Crippen LogP contribution in [0.5, 0.6) is 5.75 Å². The fraction of sp³-hybridized carbons (Fsp3) is 0.353. The van der Waals surface area contributed by atoms with Crippen molar-refractivity contribution in [3.63, 3.8) is 0 Å². The molecule has 1 aliphatic carbocycles. The summed E-state index contributed by atoms with van der Waals surface area (Å²) in [6, 6.07) is 10.3. The average molecular weight is 269 g/mol. The molecule has 1 aliphatic rings. The van der Waals surface area contributed by atoms with Gasteiger partial charge in [-0.25, -0.2) is 0 Å². The first-order valence-corrected chi connectivity index (χ1v) is 7.13. The third kappa shape index (κ3) is 2.41. The molecule has 0 fully saturated rings. The van der Waals surface area contributed by atoms with Crippen LogP contribution in [0, 0.1) is 0 Å². The predicted molar refractivity (Wildman–Crippen MR) is 77.9 cm³/mol. The molecule has 1 aromatic carbocycles. The molecule has 0 saturated carbocycles. The predicted octanol–water partition coefficient (Wildman–Crippen LogP) is 3.24. The van der Waals surface area contributed by atoms with Crippen LogP contribution < -0.4 is 4.74 Å². The molecule has 0 radical (unpaired) electrons. The van der Waals surface area contributed by atoms with E-state index in [9.17, 15) is 5.11 Å². The molecule has 1 aromatic heterocycles. The van der Waals surface area contributed by atoms with Gasteiger partial charge in [0.1, 0.15) is 5.75 Å². The first-order chi connectivity index (χ1) is 9.79. The van der Waals surface area contributed by atoms with E-state index in [0.29, 0.717) is 6.61 Å². The molecule has 0 amide bonds. The highest BCUT2D eigenvalue weighted by atomic mass is 16.5. The molecule has 0 saturated heterocycles. The maximum Gasteiger partial charge on any atom is 0.137 e. The Balaban J connectivity index is 1.86. The molecule has 1 heterocycles. The summed E-state index contributed by atoms with van der Waals surface area (Å²) in [5, 5.41) is 10.7. The van der Waals surface area contributed by atoms with E-state index in [-0.39, 0.29) is 5.92 Å². The molecule has 3 nitrogen and oxygen atoms in total. The summed E-state index contributed by atoms with van der Waals surface area (Å²) in [6.07, 6.45) is 4.92. The number of nitrogens with zero attached hydrogens (tertiary/aromatic N) is 1. The van der Waals surface area contributed by atoms with Crippen molar-refractivity contribution in [3.8, 4) is 5.75 Å². The van der Waals surface area contributed by atoms with Crippen LogP contribution in [-0.2, 0) is 6.42 Å². The molecule has 0 aliphatic heterocycles. The van der Waals surface area contributed by atoms with Gasteiger partial charge < -0.3 is 9.84 Å². The minimum Gasteiger partial charge on any atom is -0.492 e. The van der Waals surface area contributed by atoms with E-state index >= 15 is 0 Å². The van der Waals surface area contributed by atoms with E-state index in [0.717, 1.165) is 24.2 Å². The van der Waals surface area contributed by atoms with Crippen molar-refractivity contribution < 1.29 is 9.84 Å². The minimum absolute atomic E-state index is 0.157. The molecule has 0 spiro atoms. The Morgan fingerprint density at radius 3 is 3.05 bits per heavy atom. The lowest BCUT2D eigenvalue weighted by Gasteiger charge is -2.19. The number of hydrogen-bond acceptors (Lipinski definition) is 3. The zero-order chi connectivity index (χ0) is 13.9. The lowest BCUT2D eigenvalue weighted by Crippen LogP contribution is -2.09. The van der Waals surface area contributed by atoms with Gasteiger partial charge in [0.2, 0.25) is 0 Å². The van der Waals surface area contributed by atoms with E-state index in [4.69, 9.17) is 4.74 Å². The summed E-state index contributed by atoms with van der Waals surface area (Å²) in [5.74, 6) is 0.875. The van der Waals surface area contributed by atoms with Crippen LogP contribution in [0.2, 0.25) is 0 Å². The van der Waals surface area contributed by atoms with Gasteiger partial charge in [-0.2, -0.15) is 0 Å².